The van der Waals surface area contributed by atoms with Crippen molar-refractivity contribution in [2.24, 2.45) is 5.73 Å². The number of hydrogen-bond acceptors (Lipinski definition) is 5. The fourth-order valence-corrected chi connectivity index (χ4v) is 3.00. The smallest absolute Gasteiger partial charge is 0.230 e. The molecule has 8 heteroatoms. The van der Waals surface area contributed by atoms with Crippen LogP contribution in [-0.4, -0.2) is 32.3 Å². The average Bonchev–Trinajstić information content (AvgIpc) is 2.90. The second-order valence-corrected chi connectivity index (χ2v) is 7.18. The lowest BCUT2D eigenvalue weighted by molar-refractivity contribution is 0.232. The van der Waals surface area contributed by atoms with Gasteiger partial charge in [0.05, 0.1) is 6.26 Å². The molecule has 23 heavy (non-hydrogen) atoms. The minimum absolute atomic E-state index is 0.200. The van der Waals surface area contributed by atoms with Gasteiger partial charge in [-0.3, -0.25) is 4.72 Å². The number of nitrogens with two attached hydrogens (primary N) is 1. The Morgan fingerprint density at radius 2 is 2.17 bits per heavy atom. The number of benzene rings is 1. The average molecular weight is 337 g/mol. The number of sulfonamides is 1. The zero-order valence-corrected chi connectivity index (χ0v) is 13.2. The molecule has 1 aromatic carbocycles. The monoisotopic (exact) mass is 337 g/mol. The molecule has 1 aliphatic heterocycles. The van der Waals surface area contributed by atoms with Crippen molar-refractivity contribution < 1.29 is 17.5 Å². The minimum Gasteiger partial charge on any atom is -0.485 e. The Bertz CT molecular complexity index is 838. The third-order valence-corrected chi connectivity index (χ3v) is 4.08. The van der Waals surface area contributed by atoms with Gasteiger partial charge in [-0.05, 0) is 29.8 Å². The van der Waals surface area contributed by atoms with E-state index in [2.05, 4.69) is 9.71 Å². The standard InChI is InChI=1S/C15H16FN3O3S/c1-23(20,21)19-14-3-2-9(8-18-14)10-4-11-5-12(7-17)22-15(11)13(16)6-10/h2-4,6,8,12H,5,7,17H2,1H3,(H,18,19)/t12-/m0/s1. The number of nitrogens with zero attached hydrogens (tertiary/aromatic N) is 1. The molecule has 3 N–H and O–H groups in total. The van der Waals surface area contributed by atoms with E-state index >= 15 is 0 Å². The Hall–Kier alpha value is -2.19. The minimum atomic E-state index is -3.38. The zero-order valence-electron chi connectivity index (χ0n) is 12.4. The fraction of sp³-hybridized carbons (Fsp3) is 0.267. The molecule has 0 spiro atoms. The van der Waals surface area contributed by atoms with Gasteiger partial charge in [0.15, 0.2) is 11.6 Å². The summed E-state index contributed by atoms with van der Waals surface area (Å²) in [5.74, 6) is 0.0312. The molecular formula is C15H16FN3O3S. The van der Waals surface area contributed by atoms with Gasteiger partial charge in [-0.1, -0.05) is 0 Å². The summed E-state index contributed by atoms with van der Waals surface area (Å²) in [5.41, 5.74) is 7.67. The molecule has 0 unspecified atom stereocenters. The van der Waals surface area contributed by atoms with Crippen LogP contribution in [0.4, 0.5) is 10.2 Å². The molecular weight excluding hydrogens is 321 g/mol. The first-order valence-corrected chi connectivity index (χ1v) is 8.88. The van der Waals surface area contributed by atoms with Gasteiger partial charge >= 0.3 is 0 Å². The number of anilines is 1. The van der Waals surface area contributed by atoms with Crippen LogP contribution in [0.1, 0.15) is 5.56 Å². The van der Waals surface area contributed by atoms with Crippen LogP contribution in [0.2, 0.25) is 0 Å². The molecule has 6 nitrogen and oxygen atoms in total. The number of halogens is 1. The molecule has 1 aromatic heterocycles. The van der Waals surface area contributed by atoms with Crippen molar-refractivity contribution in [2.45, 2.75) is 12.5 Å². The van der Waals surface area contributed by atoms with E-state index in [4.69, 9.17) is 10.5 Å². The number of aromatic nitrogens is 1. The number of pyridine rings is 1. The lowest BCUT2D eigenvalue weighted by atomic mass is 10.0. The molecule has 1 aliphatic rings. The van der Waals surface area contributed by atoms with E-state index in [1.807, 2.05) is 6.07 Å². The van der Waals surface area contributed by atoms with Crippen molar-refractivity contribution >= 4 is 15.8 Å². The molecule has 2 aromatic rings. The normalized spacial score (nSPS) is 16.7. The van der Waals surface area contributed by atoms with E-state index in [0.29, 0.717) is 24.1 Å². The molecule has 0 saturated carbocycles. The van der Waals surface area contributed by atoms with Gasteiger partial charge < -0.3 is 10.5 Å². The van der Waals surface area contributed by atoms with Crippen molar-refractivity contribution in [3.05, 3.63) is 41.8 Å². The van der Waals surface area contributed by atoms with Crippen molar-refractivity contribution in [1.29, 1.82) is 0 Å². The number of nitrogens with one attached hydrogen (secondary N) is 1. The van der Waals surface area contributed by atoms with Crippen molar-refractivity contribution in [3.8, 4) is 16.9 Å². The van der Waals surface area contributed by atoms with Crippen LogP contribution in [0.15, 0.2) is 30.5 Å². The molecule has 0 bridgehead atoms. The highest BCUT2D eigenvalue weighted by atomic mass is 32.2. The SMILES string of the molecule is CS(=O)(=O)Nc1ccc(-c2cc(F)c3c(c2)C[C@@H](CN)O3)cn1. The number of rotatable bonds is 4. The first kappa shape index (κ1) is 15.7. The van der Waals surface area contributed by atoms with E-state index in [0.717, 1.165) is 11.8 Å². The third-order valence-electron chi connectivity index (χ3n) is 3.50. The number of hydrogen-bond donors (Lipinski definition) is 2. The van der Waals surface area contributed by atoms with E-state index in [-0.39, 0.29) is 17.7 Å². The summed E-state index contributed by atoms with van der Waals surface area (Å²) in [5, 5.41) is 0. The first-order valence-electron chi connectivity index (χ1n) is 6.99. The summed E-state index contributed by atoms with van der Waals surface area (Å²) in [4.78, 5) is 4.03. The van der Waals surface area contributed by atoms with Crippen LogP contribution in [-0.2, 0) is 16.4 Å². The van der Waals surface area contributed by atoms with Gasteiger partial charge in [0.25, 0.3) is 0 Å². The predicted octanol–water partition coefficient (Wildman–Crippen LogP) is 1.52. The molecule has 122 valence electrons. The van der Waals surface area contributed by atoms with Crippen LogP contribution in [0.3, 0.4) is 0 Å². The summed E-state index contributed by atoms with van der Waals surface area (Å²) >= 11 is 0. The molecule has 3 rings (SSSR count). The summed E-state index contributed by atoms with van der Waals surface area (Å²) < 4.78 is 44.2. The van der Waals surface area contributed by atoms with Gasteiger partial charge in [-0.15, -0.1) is 0 Å². The largest absolute Gasteiger partial charge is 0.485 e. The molecule has 0 saturated heterocycles. The van der Waals surface area contributed by atoms with Crippen LogP contribution >= 0.6 is 0 Å². The zero-order chi connectivity index (χ0) is 16.6. The van der Waals surface area contributed by atoms with Gasteiger partial charge in [0.1, 0.15) is 11.9 Å². The highest BCUT2D eigenvalue weighted by molar-refractivity contribution is 7.92. The summed E-state index contributed by atoms with van der Waals surface area (Å²) in [6.45, 7) is 0.330. The van der Waals surface area contributed by atoms with Gasteiger partial charge in [-0.25, -0.2) is 17.8 Å². The molecule has 1 atom stereocenters. The second kappa shape index (κ2) is 5.78. The quantitative estimate of drug-likeness (QED) is 0.882. The van der Waals surface area contributed by atoms with Crippen LogP contribution in [0.5, 0.6) is 5.75 Å². The maximum absolute atomic E-state index is 14.2. The molecule has 2 heterocycles. The molecule has 0 amide bonds. The van der Waals surface area contributed by atoms with Gasteiger partial charge in [0.2, 0.25) is 10.0 Å². The maximum atomic E-state index is 14.2. The summed E-state index contributed by atoms with van der Waals surface area (Å²) in [6, 6.07) is 6.42. The Morgan fingerprint density at radius 1 is 1.39 bits per heavy atom. The van der Waals surface area contributed by atoms with E-state index in [9.17, 15) is 12.8 Å². The third kappa shape index (κ3) is 3.43. The van der Waals surface area contributed by atoms with Crippen LogP contribution < -0.4 is 15.2 Å². The summed E-state index contributed by atoms with van der Waals surface area (Å²) in [7, 11) is -3.38. The molecule has 0 aliphatic carbocycles. The Morgan fingerprint density at radius 3 is 2.78 bits per heavy atom. The Kier molecular flexibility index (Phi) is 3.95. The highest BCUT2D eigenvalue weighted by Crippen LogP contribution is 2.35. The van der Waals surface area contributed by atoms with Crippen LogP contribution in [0.25, 0.3) is 11.1 Å². The molecule has 0 fully saturated rings. The van der Waals surface area contributed by atoms with E-state index in [1.54, 1.807) is 6.07 Å². The topological polar surface area (TPSA) is 94.3 Å². The Labute approximate surface area is 133 Å². The number of fused-ring (bicyclic) bond motifs is 1. The lowest BCUT2D eigenvalue weighted by Crippen LogP contribution is -2.24. The highest BCUT2D eigenvalue weighted by Gasteiger charge is 2.25. The van der Waals surface area contributed by atoms with Crippen LogP contribution in [0, 0.1) is 5.82 Å². The van der Waals surface area contributed by atoms with Crippen molar-refractivity contribution in [1.82, 2.24) is 4.98 Å². The van der Waals surface area contributed by atoms with Gasteiger partial charge in [-0.2, -0.15) is 0 Å². The van der Waals surface area contributed by atoms with Crippen molar-refractivity contribution in [2.75, 3.05) is 17.5 Å². The fourth-order valence-electron chi connectivity index (χ4n) is 2.50. The molecule has 0 radical (unpaired) electrons. The van der Waals surface area contributed by atoms with Gasteiger partial charge in [0, 0.05) is 30.3 Å². The predicted molar refractivity (Wildman–Crippen MR) is 85.3 cm³/mol. The number of ether oxygens (including phenoxy) is 1. The summed E-state index contributed by atoms with van der Waals surface area (Å²) in [6.07, 6.45) is 2.91. The van der Waals surface area contributed by atoms with E-state index in [1.165, 1.54) is 18.3 Å². The first-order chi connectivity index (χ1) is 10.9. The van der Waals surface area contributed by atoms with E-state index < -0.39 is 15.8 Å². The lowest BCUT2D eigenvalue weighted by Gasteiger charge is -2.08. The second-order valence-electron chi connectivity index (χ2n) is 5.43. The maximum Gasteiger partial charge on any atom is 0.230 e. The Balaban J connectivity index is 1.90. The van der Waals surface area contributed by atoms with Crippen molar-refractivity contribution in [3.63, 3.8) is 0 Å².